The summed E-state index contributed by atoms with van der Waals surface area (Å²) in [6, 6.07) is 10.6. The fourth-order valence-electron chi connectivity index (χ4n) is 2.73. The molecule has 30 heavy (non-hydrogen) atoms. The lowest BCUT2D eigenvalue weighted by molar-refractivity contribution is -0.121. The Morgan fingerprint density at radius 2 is 1.77 bits per heavy atom. The van der Waals surface area contributed by atoms with Gasteiger partial charge in [-0.1, -0.05) is 47.2 Å². The molecule has 1 aliphatic heterocycles. The third-order valence-corrected chi connectivity index (χ3v) is 6.05. The highest BCUT2D eigenvalue weighted by molar-refractivity contribution is 8.26. The van der Waals surface area contributed by atoms with Gasteiger partial charge in [0.2, 0.25) is 0 Å². The number of thioether (sulfide) groups is 1. The summed E-state index contributed by atoms with van der Waals surface area (Å²) in [5.74, 6) is 1.74. The van der Waals surface area contributed by atoms with Crippen LogP contribution in [0.25, 0.3) is 6.08 Å². The topological polar surface area (TPSA) is 48.0 Å². The van der Waals surface area contributed by atoms with E-state index in [0.717, 1.165) is 5.75 Å². The number of rotatable bonds is 8. The molecule has 1 fully saturated rings. The van der Waals surface area contributed by atoms with Gasteiger partial charge in [-0.25, -0.2) is 0 Å². The molecule has 0 bridgehead atoms. The number of carbonyl (C=O) groups is 1. The third kappa shape index (κ3) is 5.40. The average molecular weight is 484 g/mol. The van der Waals surface area contributed by atoms with Crippen molar-refractivity contribution in [3.8, 4) is 17.2 Å². The van der Waals surface area contributed by atoms with Crippen LogP contribution < -0.4 is 14.2 Å². The second-order valence-corrected chi connectivity index (χ2v) is 8.62. The van der Waals surface area contributed by atoms with Crippen LogP contribution in [0.5, 0.6) is 17.2 Å². The summed E-state index contributed by atoms with van der Waals surface area (Å²) in [7, 11) is 1.61. The van der Waals surface area contributed by atoms with Crippen molar-refractivity contribution in [3.63, 3.8) is 0 Å². The molecule has 158 valence electrons. The lowest BCUT2D eigenvalue weighted by Gasteiger charge is -2.13. The van der Waals surface area contributed by atoms with Crippen LogP contribution in [0.4, 0.5) is 0 Å². The zero-order valence-corrected chi connectivity index (χ0v) is 19.5. The number of methoxy groups -OCH3 is 1. The van der Waals surface area contributed by atoms with E-state index in [1.165, 1.54) is 11.8 Å². The van der Waals surface area contributed by atoms with Crippen molar-refractivity contribution in [2.75, 3.05) is 26.9 Å². The Hall–Kier alpha value is -1.93. The molecule has 9 heteroatoms. The van der Waals surface area contributed by atoms with E-state index in [-0.39, 0.29) is 12.5 Å². The van der Waals surface area contributed by atoms with Gasteiger partial charge in [-0.2, -0.15) is 0 Å². The van der Waals surface area contributed by atoms with Crippen molar-refractivity contribution in [2.45, 2.75) is 6.92 Å². The first-order valence-corrected chi connectivity index (χ1v) is 11.0. The number of amides is 1. The normalized spacial score (nSPS) is 15.1. The molecular weight excluding hydrogens is 465 g/mol. The molecule has 1 heterocycles. The second kappa shape index (κ2) is 10.4. The lowest BCUT2D eigenvalue weighted by Crippen LogP contribution is -2.27. The zero-order chi connectivity index (χ0) is 21.7. The standard InChI is InChI=1S/C21H19Cl2NO4S2/c1-3-24-20(25)18(30-21(24)29)11-13-10-14(22)12-17(23)19(13)28-9-8-27-16-6-4-15(26-2)5-7-16/h4-7,10-12H,3,8-9H2,1-2H3. The van der Waals surface area contributed by atoms with Gasteiger partial charge >= 0.3 is 0 Å². The van der Waals surface area contributed by atoms with Gasteiger partial charge in [-0.15, -0.1) is 0 Å². The molecule has 0 N–H and O–H groups in total. The first-order chi connectivity index (χ1) is 14.4. The van der Waals surface area contributed by atoms with Crippen LogP contribution >= 0.6 is 47.2 Å². The zero-order valence-electron chi connectivity index (χ0n) is 16.3. The van der Waals surface area contributed by atoms with Gasteiger partial charge in [0.15, 0.2) is 0 Å². The summed E-state index contributed by atoms with van der Waals surface area (Å²) >= 11 is 19.0. The fourth-order valence-corrected chi connectivity index (χ4v) is 4.67. The first-order valence-electron chi connectivity index (χ1n) is 9.07. The number of ether oxygens (including phenoxy) is 3. The fraction of sp³-hybridized carbons (Fsp3) is 0.238. The van der Waals surface area contributed by atoms with Crippen LogP contribution in [-0.2, 0) is 4.79 Å². The minimum Gasteiger partial charge on any atom is -0.497 e. The minimum atomic E-state index is -0.141. The molecule has 1 aliphatic rings. The molecule has 0 spiro atoms. The van der Waals surface area contributed by atoms with Crippen LogP contribution in [-0.4, -0.2) is 42.0 Å². The Balaban J connectivity index is 1.71. The molecule has 0 saturated carbocycles. The summed E-state index contributed by atoms with van der Waals surface area (Å²) in [4.78, 5) is 14.6. The summed E-state index contributed by atoms with van der Waals surface area (Å²) < 4.78 is 17.2. The van der Waals surface area contributed by atoms with Gasteiger partial charge in [-0.05, 0) is 49.4 Å². The molecule has 0 radical (unpaired) electrons. The maximum atomic E-state index is 12.5. The molecule has 0 atom stereocenters. The van der Waals surface area contributed by atoms with E-state index in [1.54, 1.807) is 30.2 Å². The number of carbonyl (C=O) groups excluding carboxylic acids is 1. The number of hydrogen-bond donors (Lipinski definition) is 0. The van der Waals surface area contributed by atoms with Crippen molar-refractivity contribution in [2.24, 2.45) is 0 Å². The number of nitrogens with zero attached hydrogens (tertiary/aromatic N) is 1. The third-order valence-electron chi connectivity index (χ3n) is 4.17. The Morgan fingerprint density at radius 3 is 2.40 bits per heavy atom. The largest absolute Gasteiger partial charge is 0.497 e. The molecule has 3 rings (SSSR count). The Kier molecular flexibility index (Phi) is 7.88. The van der Waals surface area contributed by atoms with Gasteiger partial charge < -0.3 is 14.2 Å². The maximum absolute atomic E-state index is 12.5. The quantitative estimate of drug-likeness (QED) is 0.273. The van der Waals surface area contributed by atoms with Gasteiger partial charge in [-0.3, -0.25) is 9.69 Å². The van der Waals surface area contributed by atoms with E-state index in [1.807, 2.05) is 31.2 Å². The molecule has 5 nitrogen and oxygen atoms in total. The maximum Gasteiger partial charge on any atom is 0.266 e. The van der Waals surface area contributed by atoms with Crippen molar-refractivity contribution in [3.05, 3.63) is 56.9 Å². The van der Waals surface area contributed by atoms with E-state index < -0.39 is 0 Å². The molecular formula is C21H19Cl2NO4S2. The minimum absolute atomic E-state index is 0.141. The number of thiocarbonyl (C=S) groups is 1. The highest BCUT2D eigenvalue weighted by atomic mass is 35.5. The van der Waals surface area contributed by atoms with Gasteiger partial charge in [0, 0.05) is 17.1 Å². The lowest BCUT2D eigenvalue weighted by atomic mass is 10.1. The number of hydrogen-bond acceptors (Lipinski definition) is 6. The van der Waals surface area contributed by atoms with Gasteiger partial charge in [0.25, 0.3) is 5.91 Å². The molecule has 1 amide bonds. The number of likely N-dealkylation sites (N-methyl/N-ethyl adjacent to an activating group) is 1. The Bertz CT molecular complexity index is 980. The first kappa shape index (κ1) is 22.7. The molecule has 2 aromatic carbocycles. The van der Waals surface area contributed by atoms with Gasteiger partial charge in [0.1, 0.15) is 34.8 Å². The highest BCUT2D eigenvalue weighted by Gasteiger charge is 2.31. The molecule has 0 aromatic heterocycles. The second-order valence-electron chi connectivity index (χ2n) is 6.10. The highest BCUT2D eigenvalue weighted by Crippen LogP contribution is 2.38. The van der Waals surface area contributed by atoms with Crippen LogP contribution in [0.15, 0.2) is 41.3 Å². The monoisotopic (exact) mass is 483 g/mol. The summed E-state index contributed by atoms with van der Waals surface area (Å²) in [5, 5.41) is 0.795. The Labute approximate surface area is 194 Å². The summed E-state index contributed by atoms with van der Waals surface area (Å²) in [6.45, 7) is 2.96. The van der Waals surface area contributed by atoms with E-state index in [2.05, 4.69) is 0 Å². The van der Waals surface area contributed by atoms with E-state index in [0.29, 0.717) is 49.5 Å². The molecule has 0 aliphatic carbocycles. The van der Waals surface area contributed by atoms with Crippen LogP contribution in [0, 0.1) is 0 Å². The predicted molar refractivity (Wildman–Crippen MR) is 126 cm³/mol. The van der Waals surface area contributed by atoms with E-state index in [9.17, 15) is 4.79 Å². The van der Waals surface area contributed by atoms with Crippen LogP contribution in [0.1, 0.15) is 12.5 Å². The summed E-state index contributed by atoms with van der Waals surface area (Å²) in [6.07, 6.45) is 1.70. The van der Waals surface area contributed by atoms with Crippen molar-refractivity contribution < 1.29 is 19.0 Å². The summed E-state index contributed by atoms with van der Waals surface area (Å²) in [5.41, 5.74) is 0.605. The number of halogens is 2. The van der Waals surface area contributed by atoms with Gasteiger partial charge in [0.05, 0.1) is 17.0 Å². The molecule has 0 unspecified atom stereocenters. The van der Waals surface area contributed by atoms with Crippen LogP contribution in [0.3, 0.4) is 0 Å². The average Bonchev–Trinajstić information content (AvgIpc) is 2.99. The SMILES string of the molecule is CCN1C(=O)C(=Cc2cc(Cl)cc(Cl)c2OCCOc2ccc(OC)cc2)SC1=S. The predicted octanol–water partition coefficient (Wildman–Crippen LogP) is 5.68. The van der Waals surface area contributed by atoms with Crippen molar-refractivity contribution in [1.82, 2.24) is 4.90 Å². The smallest absolute Gasteiger partial charge is 0.266 e. The van der Waals surface area contributed by atoms with Crippen molar-refractivity contribution >= 4 is 63.5 Å². The molecule has 2 aromatic rings. The Morgan fingerprint density at radius 1 is 1.10 bits per heavy atom. The van der Waals surface area contributed by atoms with Crippen molar-refractivity contribution in [1.29, 1.82) is 0 Å². The van der Waals surface area contributed by atoms with Crippen LogP contribution in [0.2, 0.25) is 10.0 Å². The van der Waals surface area contributed by atoms with E-state index in [4.69, 9.17) is 49.6 Å². The number of benzene rings is 2. The van der Waals surface area contributed by atoms with E-state index >= 15 is 0 Å². The molecule has 1 saturated heterocycles.